The molecular weight excluding hydrogens is 288 g/mol. The van der Waals surface area contributed by atoms with Crippen LogP contribution in [-0.4, -0.2) is 29.8 Å². The number of benzene rings is 1. The van der Waals surface area contributed by atoms with Gasteiger partial charge in [-0.05, 0) is 49.5 Å². The van der Waals surface area contributed by atoms with E-state index in [1.54, 1.807) is 7.05 Å². The first kappa shape index (κ1) is 16.0. The highest BCUT2D eigenvalue weighted by Crippen LogP contribution is 2.49. The maximum absolute atomic E-state index is 12.3. The summed E-state index contributed by atoms with van der Waals surface area (Å²) in [7, 11) is 1.68. The van der Waals surface area contributed by atoms with Crippen molar-refractivity contribution in [1.82, 2.24) is 10.2 Å². The Labute approximate surface area is 138 Å². The van der Waals surface area contributed by atoms with E-state index in [4.69, 9.17) is 0 Å². The molecule has 3 rings (SSSR count). The van der Waals surface area contributed by atoms with Gasteiger partial charge in [-0.25, -0.2) is 0 Å². The topological polar surface area (TPSA) is 49.4 Å². The first-order valence-electron chi connectivity index (χ1n) is 8.64. The molecule has 0 heterocycles. The van der Waals surface area contributed by atoms with Gasteiger partial charge in [-0.1, -0.05) is 36.8 Å². The van der Waals surface area contributed by atoms with Gasteiger partial charge in [-0.2, -0.15) is 0 Å². The van der Waals surface area contributed by atoms with Crippen LogP contribution in [0.3, 0.4) is 0 Å². The summed E-state index contributed by atoms with van der Waals surface area (Å²) in [5.41, 5.74) is 1.03. The molecule has 0 aromatic heterocycles. The minimum atomic E-state index is -0.473. The summed E-state index contributed by atoms with van der Waals surface area (Å²) >= 11 is 0. The molecule has 2 aliphatic carbocycles. The van der Waals surface area contributed by atoms with E-state index >= 15 is 0 Å². The number of nitrogens with zero attached hydrogens (tertiary/aromatic N) is 1. The van der Waals surface area contributed by atoms with Gasteiger partial charge in [0.1, 0.15) is 0 Å². The lowest BCUT2D eigenvalue weighted by atomic mass is 9.84. The molecule has 0 aliphatic heterocycles. The van der Waals surface area contributed by atoms with Crippen LogP contribution < -0.4 is 5.32 Å². The number of fused-ring (bicyclic) bond motifs is 2. The molecule has 4 nitrogen and oxygen atoms in total. The Morgan fingerprint density at radius 2 is 1.96 bits per heavy atom. The third-order valence-corrected chi connectivity index (χ3v) is 5.60. The van der Waals surface area contributed by atoms with E-state index in [1.165, 1.54) is 30.6 Å². The quantitative estimate of drug-likeness (QED) is 0.869. The number of rotatable bonds is 4. The van der Waals surface area contributed by atoms with Crippen LogP contribution in [0.1, 0.15) is 38.2 Å². The van der Waals surface area contributed by atoms with Crippen molar-refractivity contribution in [3.05, 3.63) is 35.9 Å². The van der Waals surface area contributed by atoms with Gasteiger partial charge in [0.05, 0.1) is 0 Å². The zero-order chi connectivity index (χ0) is 16.4. The van der Waals surface area contributed by atoms with Crippen LogP contribution >= 0.6 is 0 Å². The molecule has 2 amide bonds. The van der Waals surface area contributed by atoms with Crippen molar-refractivity contribution in [2.75, 3.05) is 7.05 Å². The van der Waals surface area contributed by atoms with Crippen molar-refractivity contribution < 1.29 is 9.59 Å². The Hall–Kier alpha value is -1.84. The van der Waals surface area contributed by atoms with E-state index in [9.17, 15) is 9.59 Å². The van der Waals surface area contributed by atoms with Crippen LogP contribution in [0.5, 0.6) is 0 Å². The van der Waals surface area contributed by atoms with Gasteiger partial charge >= 0.3 is 11.8 Å². The summed E-state index contributed by atoms with van der Waals surface area (Å²) in [6.45, 7) is 2.50. The minimum absolute atomic E-state index is 0.0897. The third kappa shape index (κ3) is 3.57. The largest absolute Gasteiger partial charge is 0.345 e. The molecule has 0 spiro atoms. The molecule has 2 aliphatic rings. The monoisotopic (exact) mass is 314 g/mol. The summed E-state index contributed by atoms with van der Waals surface area (Å²) in [6.07, 6.45) is 5.16. The standard InChI is InChI=1S/C19H26N2O2/c1-13(17-11-15-8-9-16(17)10-15)20-18(22)19(23)21(2)12-14-6-4-3-5-7-14/h3-7,13,15-17H,8-12H2,1-2H3,(H,20,22). The molecule has 2 saturated carbocycles. The van der Waals surface area contributed by atoms with Crippen LogP contribution in [0.25, 0.3) is 0 Å². The van der Waals surface area contributed by atoms with Crippen molar-refractivity contribution in [3.8, 4) is 0 Å². The molecule has 1 N–H and O–H groups in total. The van der Waals surface area contributed by atoms with E-state index in [2.05, 4.69) is 5.32 Å². The van der Waals surface area contributed by atoms with Crippen LogP contribution in [0.4, 0.5) is 0 Å². The van der Waals surface area contributed by atoms with Gasteiger partial charge in [0.2, 0.25) is 0 Å². The number of hydrogen-bond donors (Lipinski definition) is 1. The van der Waals surface area contributed by atoms with Crippen LogP contribution in [-0.2, 0) is 16.1 Å². The molecule has 1 aromatic rings. The number of carbonyl (C=O) groups is 2. The van der Waals surface area contributed by atoms with E-state index in [1.807, 2.05) is 37.3 Å². The first-order chi connectivity index (χ1) is 11.0. The van der Waals surface area contributed by atoms with Crippen LogP contribution in [0, 0.1) is 17.8 Å². The minimum Gasteiger partial charge on any atom is -0.345 e. The zero-order valence-electron chi connectivity index (χ0n) is 14.0. The highest BCUT2D eigenvalue weighted by molar-refractivity contribution is 6.34. The second-order valence-electron chi connectivity index (χ2n) is 7.25. The molecular formula is C19H26N2O2. The molecule has 2 fully saturated rings. The Morgan fingerprint density at radius 1 is 1.22 bits per heavy atom. The van der Waals surface area contributed by atoms with Crippen molar-refractivity contribution in [2.45, 2.75) is 45.2 Å². The van der Waals surface area contributed by atoms with E-state index in [0.29, 0.717) is 12.5 Å². The van der Waals surface area contributed by atoms with E-state index < -0.39 is 11.8 Å². The van der Waals surface area contributed by atoms with Gasteiger partial charge in [0.25, 0.3) is 0 Å². The van der Waals surface area contributed by atoms with Crippen molar-refractivity contribution >= 4 is 11.8 Å². The Morgan fingerprint density at radius 3 is 2.57 bits per heavy atom. The van der Waals surface area contributed by atoms with Gasteiger partial charge in [0, 0.05) is 19.6 Å². The van der Waals surface area contributed by atoms with E-state index in [-0.39, 0.29) is 6.04 Å². The maximum atomic E-state index is 12.3. The highest BCUT2D eigenvalue weighted by atomic mass is 16.2. The summed E-state index contributed by atoms with van der Waals surface area (Å²) in [5.74, 6) is 1.21. The number of hydrogen-bond acceptors (Lipinski definition) is 2. The van der Waals surface area contributed by atoms with Gasteiger partial charge in [-0.15, -0.1) is 0 Å². The molecule has 124 valence electrons. The number of carbonyl (C=O) groups excluding carboxylic acids is 2. The number of amides is 2. The fraction of sp³-hybridized carbons (Fsp3) is 0.579. The van der Waals surface area contributed by atoms with Gasteiger partial charge in [-0.3, -0.25) is 9.59 Å². The lowest BCUT2D eigenvalue weighted by Gasteiger charge is -2.28. The molecule has 4 heteroatoms. The van der Waals surface area contributed by atoms with Crippen LogP contribution in [0.2, 0.25) is 0 Å². The number of likely N-dealkylation sites (N-methyl/N-ethyl adjacent to an activating group) is 1. The van der Waals surface area contributed by atoms with Gasteiger partial charge in [0.15, 0.2) is 0 Å². The molecule has 23 heavy (non-hydrogen) atoms. The lowest BCUT2D eigenvalue weighted by Crippen LogP contribution is -2.47. The molecule has 4 atom stereocenters. The predicted octanol–water partition coefficient (Wildman–Crippen LogP) is 2.59. The Bertz CT molecular complexity index is 572. The Kier molecular flexibility index (Phi) is 4.69. The maximum Gasteiger partial charge on any atom is 0.311 e. The second-order valence-corrected chi connectivity index (χ2v) is 7.25. The molecule has 0 radical (unpaired) electrons. The average molecular weight is 314 g/mol. The fourth-order valence-electron chi connectivity index (χ4n) is 4.38. The third-order valence-electron chi connectivity index (χ3n) is 5.60. The molecule has 0 saturated heterocycles. The predicted molar refractivity (Wildman–Crippen MR) is 89.5 cm³/mol. The second kappa shape index (κ2) is 6.73. The summed E-state index contributed by atoms with van der Waals surface area (Å²) < 4.78 is 0. The SMILES string of the molecule is CC(NC(=O)C(=O)N(C)Cc1ccccc1)C1CC2CCC1C2. The lowest BCUT2D eigenvalue weighted by molar-refractivity contribution is -0.145. The normalized spacial score (nSPS) is 26.8. The Balaban J connectivity index is 1.52. The van der Waals surface area contributed by atoms with Crippen molar-refractivity contribution in [1.29, 1.82) is 0 Å². The molecule has 1 aromatic carbocycles. The molecule has 4 unspecified atom stereocenters. The summed E-state index contributed by atoms with van der Waals surface area (Å²) in [4.78, 5) is 26.0. The highest BCUT2D eigenvalue weighted by Gasteiger charge is 2.42. The van der Waals surface area contributed by atoms with E-state index in [0.717, 1.165) is 17.4 Å². The zero-order valence-corrected chi connectivity index (χ0v) is 14.0. The van der Waals surface area contributed by atoms with Crippen molar-refractivity contribution in [2.24, 2.45) is 17.8 Å². The fourth-order valence-corrected chi connectivity index (χ4v) is 4.38. The first-order valence-corrected chi connectivity index (χ1v) is 8.64. The summed E-state index contributed by atoms with van der Waals surface area (Å²) in [6, 6.07) is 9.82. The summed E-state index contributed by atoms with van der Waals surface area (Å²) in [5, 5.41) is 2.94. The van der Waals surface area contributed by atoms with Crippen LogP contribution in [0.15, 0.2) is 30.3 Å². The average Bonchev–Trinajstić information content (AvgIpc) is 3.18. The molecule has 2 bridgehead atoms. The van der Waals surface area contributed by atoms with Gasteiger partial charge < -0.3 is 10.2 Å². The number of nitrogens with one attached hydrogen (secondary N) is 1. The van der Waals surface area contributed by atoms with Crippen molar-refractivity contribution in [3.63, 3.8) is 0 Å². The smallest absolute Gasteiger partial charge is 0.311 e.